The molecule has 0 unspecified atom stereocenters. The topological polar surface area (TPSA) is 71.0 Å². The van der Waals surface area contributed by atoms with Crippen molar-refractivity contribution in [3.05, 3.63) is 22.4 Å². The molecule has 1 heterocycles. The van der Waals surface area contributed by atoms with E-state index in [2.05, 4.69) is 32.7 Å². The number of ether oxygens (including phenoxy) is 1. The number of rotatable bonds is 9. The maximum atomic E-state index is 11.0. The smallest absolute Gasteiger partial charge is 0.193 e. The average Bonchev–Trinajstić information content (AvgIpc) is 2.96. The number of likely N-dealkylation sites (N-methyl/N-ethyl adjacent to an activating group) is 1. The fraction of sp³-hybridized carbons (Fsp3) is 0.643. The van der Waals surface area contributed by atoms with Crippen LogP contribution >= 0.6 is 35.3 Å². The van der Waals surface area contributed by atoms with Gasteiger partial charge >= 0.3 is 0 Å². The fourth-order valence-electron chi connectivity index (χ4n) is 1.77. The number of nitrogens with zero attached hydrogens (tertiary/aromatic N) is 2. The highest BCUT2D eigenvalue weighted by Crippen LogP contribution is 2.09. The second-order valence-corrected chi connectivity index (χ2v) is 8.26. The molecule has 0 atom stereocenters. The Morgan fingerprint density at radius 1 is 1.43 bits per heavy atom. The Morgan fingerprint density at radius 3 is 2.74 bits per heavy atom. The zero-order valence-electron chi connectivity index (χ0n) is 13.8. The molecule has 6 nitrogen and oxygen atoms in total. The highest BCUT2D eigenvalue weighted by molar-refractivity contribution is 14.0. The minimum Gasteiger partial charge on any atom is -0.379 e. The molecule has 0 saturated heterocycles. The van der Waals surface area contributed by atoms with Crippen LogP contribution in [0.5, 0.6) is 0 Å². The standard InChI is InChI=1S/C14H25N3O3S2.HI/c1-15-14(16-7-9-20-10-12-22(3,18)19)17(2)8-6-13-5-4-11-21-13;/h4-5,11H,6-10,12H2,1-3H3,(H,15,16);1H. The Bertz CT molecular complexity index is 548. The summed E-state index contributed by atoms with van der Waals surface area (Å²) in [6.45, 7) is 2.16. The third-order valence-electron chi connectivity index (χ3n) is 2.98. The molecule has 1 aromatic heterocycles. The number of hydrogen-bond acceptors (Lipinski definition) is 5. The normalized spacial score (nSPS) is 11.9. The van der Waals surface area contributed by atoms with Gasteiger partial charge in [0.05, 0.1) is 19.0 Å². The van der Waals surface area contributed by atoms with E-state index in [4.69, 9.17) is 4.74 Å². The van der Waals surface area contributed by atoms with Crippen molar-refractivity contribution in [1.82, 2.24) is 10.2 Å². The number of guanidine groups is 1. The van der Waals surface area contributed by atoms with Gasteiger partial charge in [0.1, 0.15) is 9.84 Å². The average molecular weight is 475 g/mol. The van der Waals surface area contributed by atoms with Crippen LogP contribution in [0.3, 0.4) is 0 Å². The quantitative estimate of drug-likeness (QED) is 0.254. The van der Waals surface area contributed by atoms with E-state index in [1.54, 1.807) is 18.4 Å². The van der Waals surface area contributed by atoms with Crippen molar-refractivity contribution < 1.29 is 13.2 Å². The molecule has 0 spiro atoms. The summed E-state index contributed by atoms with van der Waals surface area (Å²) in [5.41, 5.74) is 0. The van der Waals surface area contributed by atoms with Crippen LogP contribution in [0.4, 0.5) is 0 Å². The molecule has 0 aromatic carbocycles. The van der Waals surface area contributed by atoms with Crippen molar-refractivity contribution in [2.75, 3.05) is 52.4 Å². The predicted octanol–water partition coefficient (Wildman–Crippen LogP) is 1.48. The first-order valence-electron chi connectivity index (χ1n) is 7.12. The lowest BCUT2D eigenvalue weighted by Gasteiger charge is -2.21. The molecule has 134 valence electrons. The number of thiophene rings is 1. The number of aliphatic imine (C=N–C) groups is 1. The molecule has 0 bridgehead atoms. The Kier molecular flexibility index (Phi) is 11.8. The van der Waals surface area contributed by atoms with Gasteiger partial charge in [-0.3, -0.25) is 4.99 Å². The Labute approximate surface area is 160 Å². The summed E-state index contributed by atoms with van der Waals surface area (Å²) < 4.78 is 27.2. The molecular weight excluding hydrogens is 449 g/mol. The zero-order valence-corrected chi connectivity index (χ0v) is 17.8. The van der Waals surface area contributed by atoms with E-state index in [1.165, 1.54) is 11.1 Å². The van der Waals surface area contributed by atoms with E-state index in [-0.39, 0.29) is 36.3 Å². The second-order valence-electron chi connectivity index (χ2n) is 4.97. The van der Waals surface area contributed by atoms with Gasteiger partial charge < -0.3 is 15.0 Å². The van der Waals surface area contributed by atoms with Crippen LogP contribution in [-0.2, 0) is 21.0 Å². The predicted molar refractivity (Wildman–Crippen MR) is 108 cm³/mol. The lowest BCUT2D eigenvalue weighted by atomic mass is 10.3. The van der Waals surface area contributed by atoms with Gasteiger partial charge in [-0.25, -0.2) is 8.42 Å². The summed E-state index contributed by atoms with van der Waals surface area (Å²) in [6, 6.07) is 4.19. The summed E-state index contributed by atoms with van der Waals surface area (Å²) in [5, 5.41) is 5.28. The molecule has 0 fully saturated rings. The molecule has 9 heteroatoms. The Hall–Kier alpha value is -0.390. The van der Waals surface area contributed by atoms with Gasteiger partial charge in [-0.1, -0.05) is 6.07 Å². The van der Waals surface area contributed by atoms with Crippen LogP contribution in [0, 0.1) is 0 Å². The second kappa shape index (κ2) is 12.0. The van der Waals surface area contributed by atoms with E-state index in [1.807, 2.05) is 7.05 Å². The van der Waals surface area contributed by atoms with Gasteiger partial charge in [0.2, 0.25) is 0 Å². The molecule has 0 amide bonds. The molecule has 1 aromatic rings. The molecule has 1 N–H and O–H groups in total. The molecule has 1 rings (SSSR count). The van der Waals surface area contributed by atoms with Crippen molar-refractivity contribution in [1.29, 1.82) is 0 Å². The Balaban J connectivity index is 0.00000484. The van der Waals surface area contributed by atoms with Gasteiger partial charge in [-0.05, 0) is 17.9 Å². The van der Waals surface area contributed by atoms with Gasteiger partial charge in [0.25, 0.3) is 0 Å². The highest BCUT2D eigenvalue weighted by atomic mass is 127. The third kappa shape index (κ3) is 10.9. The van der Waals surface area contributed by atoms with Crippen LogP contribution in [0.25, 0.3) is 0 Å². The SMILES string of the molecule is CN=C(NCCOCCS(C)(=O)=O)N(C)CCc1cccs1.I. The van der Waals surface area contributed by atoms with Crippen molar-refractivity contribution in [2.45, 2.75) is 6.42 Å². The number of nitrogens with one attached hydrogen (secondary N) is 1. The molecule has 0 saturated carbocycles. The van der Waals surface area contributed by atoms with E-state index >= 15 is 0 Å². The van der Waals surface area contributed by atoms with E-state index < -0.39 is 9.84 Å². The molecule has 23 heavy (non-hydrogen) atoms. The number of sulfone groups is 1. The maximum absolute atomic E-state index is 11.0. The molecule has 0 radical (unpaired) electrons. The van der Waals surface area contributed by atoms with Gasteiger partial charge in [-0.2, -0.15) is 0 Å². The zero-order chi connectivity index (χ0) is 16.4. The first kappa shape index (κ1) is 22.6. The molecule has 0 aliphatic heterocycles. The van der Waals surface area contributed by atoms with Gasteiger partial charge in [0, 0.05) is 38.3 Å². The van der Waals surface area contributed by atoms with Gasteiger partial charge in [-0.15, -0.1) is 35.3 Å². The van der Waals surface area contributed by atoms with Crippen molar-refractivity contribution in [2.24, 2.45) is 4.99 Å². The number of hydrogen-bond donors (Lipinski definition) is 1. The number of halogens is 1. The first-order valence-corrected chi connectivity index (χ1v) is 10.1. The van der Waals surface area contributed by atoms with E-state index in [0.29, 0.717) is 13.2 Å². The lowest BCUT2D eigenvalue weighted by molar-refractivity contribution is 0.153. The van der Waals surface area contributed by atoms with Crippen LogP contribution in [-0.4, -0.2) is 71.7 Å². The fourth-order valence-corrected chi connectivity index (χ4v) is 2.89. The largest absolute Gasteiger partial charge is 0.379 e. The van der Waals surface area contributed by atoms with E-state index in [9.17, 15) is 8.42 Å². The lowest BCUT2D eigenvalue weighted by Crippen LogP contribution is -2.41. The maximum Gasteiger partial charge on any atom is 0.193 e. The van der Waals surface area contributed by atoms with Crippen LogP contribution in [0.15, 0.2) is 22.5 Å². The molecule has 0 aliphatic carbocycles. The minimum atomic E-state index is -2.95. The van der Waals surface area contributed by atoms with Crippen LogP contribution < -0.4 is 5.32 Å². The third-order valence-corrected chi connectivity index (χ3v) is 4.82. The summed E-state index contributed by atoms with van der Waals surface area (Å²) >= 11 is 1.76. The minimum absolute atomic E-state index is 0. The first-order chi connectivity index (χ1) is 10.4. The van der Waals surface area contributed by atoms with Crippen LogP contribution in [0.2, 0.25) is 0 Å². The Morgan fingerprint density at radius 2 is 2.17 bits per heavy atom. The van der Waals surface area contributed by atoms with Gasteiger partial charge in [0.15, 0.2) is 5.96 Å². The van der Waals surface area contributed by atoms with Crippen molar-refractivity contribution in [3.8, 4) is 0 Å². The summed E-state index contributed by atoms with van der Waals surface area (Å²) in [5.74, 6) is 0.867. The van der Waals surface area contributed by atoms with Crippen molar-refractivity contribution >= 4 is 51.1 Å². The highest BCUT2D eigenvalue weighted by Gasteiger charge is 2.06. The molecular formula is C14H26IN3O3S2. The monoisotopic (exact) mass is 475 g/mol. The van der Waals surface area contributed by atoms with Crippen LogP contribution in [0.1, 0.15) is 4.88 Å². The van der Waals surface area contributed by atoms with E-state index in [0.717, 1.165) is 18.9 Å². The van der Waals surface area contributed by atoms with Crippen molar-refractivity contribution in [3.63, 3.8) is 0 Å². The summed E-state index contributed by atoms with van der Waals surface area (Å²) in [4.78, 5) is 7.65. The summed E-state index contributed by atoms with van der Waals surface area (Å²) in [6.07, 6.45) is 2.19. The molecule has 0 aliphatic rings. The summed E-state index contributed by atoms with van der Waals surface area (Å²) in [7, 11) is 0.787.